The van der Waals surface area contributed by atoms with Crippen LogP contribution in [0.2, 0.25) is 0 Å². The summed E-state index contributed by atoms with van der Waals surface area (Å²) in [4.78, 5) is 15.6. The number of benzene rings is 2. The highest BCUT2D eigenvalue weighted by atomic mass is 19.1. The minimum Gasteiger partial charge on any atom is -0.508 e. The Morgan fingerprint density at radius 1 is 1.19 bits per heavy atom. The number of halogens is 3. The van der Waals surface area contributed by atoms with Crippen molar-refractivity contribution in [2.24, 2.45) is 0 Å². The Balaban J connectivity index is 1.56. The average Bonchev–Trinajstić information content (AvgIpc) is 3.47. The summed E-state index contributed by atoms with van der Waals surface area (Å²) in [6, 6.07) is 5.21. The molecule has 2 aromatic carbocycles. The van der Waals surface area contributed by atoms with Crippen molar-refractivity contribution in [2.45, 2.75) is 57.3 Å². The van der Waals surface area contributed by atoms with Gasteiger partial charge in [0.1, 0.15) is 46.8 Å². The fraction of sp³-hybridized carbons (Fsp3) is 0.406. The molecule has 2 aliphatic heterocycles. The third kappa shape index (κ3) is 5.03. The number of phenols is 1. The largest absolute Gasteiger partial charge is 0.508 e. The molecule has 43 heavy (non-hydrogen) atoms. The second-order valence-electron chi connectivity index (χ2n) is 12.3. The molecule has 2 aromatic heterocycles. The standard InChI is InChI=1S/C32H32F3N5O3/c1-6-20-22(34)9-8-17-12-19(41)13-21(23(17)20)26-25(35)27-24(29(36-26)42-5)28(39-31(2,3)4)38-30(37-27)43-16-32-10-7-11-40(32)15-18(33)14-32/h1,8-9,12-13,18,41H,7,10-11,14-16H2,2-5H3,(H,37,38,39)/t18-,32+/m1/s1. The van der Waals surface area contributed by atoms with E-state index in [1.54, 1.807) is 0 Å². The molecule has 2 N–H and O–H groups in total. The van der Waals surface area contributed by atoms with E-state index in [0.29, 0.717) is 18.4 Å². The Bertz CT molecular complexity index is 1800. The van der Waals surface area contributed by atoms with Crippen LogP contribution in [0.15, 0.2) is 24.3 Å². The van der Waals surface area contributed by atoms with Gasteiger partial charge in [0.2, 0.25) is 5.88 Å². The topological polar surface area (TPSA) is 92.6 Å². The number of methoxy groups -OCH3 is 1. The van der Waals surface area contributed by atoms with Gasteiger partial charge in [0.15, 0.2) is 5.82 Å². The SMILES string of the molecule is C#Cc1c(F)ccc2cc(O)cc(-c3nc(OC)c4c(NC(C)(C)C)nc(OC[C@@]56CCCN5C[C@H](F)C6)nc4c3F)c12. The van der Waals surface area contributed by atoms with Gasteiger partial charge < -0.3 is 19.9 Å². The molecule has 11 heteroatoms. The van der Waals surface area contributed by atoms with Gasteiger partial charge >= 0.3 is 6.01 Å². The van der Waals surface area contributed by atoms with Gasteiger partial charge in [-0.05, 0) is 63.7 Å². The van der Waals surface area contributed by atoms with Crippen molar-refractivity contribution in [3.8, 4) is 41.2 Å². The van der Waals surface area contributed by atoms with Crippen LogP contribution in [0.25, 0.3) is 32.9 Å². The highest BCUT2D eigenvalue weighted by Gasteiger charge is 2.49. The van der Waals surface area contributed by atoms with Crippen LogP contribution in [0.1, 0.15) is 45.6 Å². The van der Waals surface area contributed by atoms with Crippen LogP contribution in [0, 0.1) is 24.0 Å². The number of aromatic hydroxyl groups is 1. The summed E-state index contributed by atoms with van der Waals surface area (Å²) in [7, 11) is 1.38. The Morgan fingerprint density at radius 3 is 2.70 bits per heavy atom. The number of rotatable bonds is 6. The molecule has 2 aliphatic rings. The van der Waals surface area contributed by atoms with Gasteiger partial charge in [-0.25, -0.2) is 18.2 Å². The maximum absolute atomic E-state index is 16.7. The third-order valence-electron chi connectivity index (χ3n) is 8.10. The lowest BCUT2D eigenvalue weighted by atomic mass is 9.95. The number of alkyl halides is 1. The number of fused-ring (bicyclic) bond motifs is 3. The van der Waals surface area contributed by atoms with Crippen molar-refractivity contribution in [3.63, 3.8) is 0 Å². The molecule has 8 nitrogen and oxygen atoms in total. The molecular formula is C32H32F3N5O3. The number of aromatic nitrogens is 3. The number of terminal acetylenes is 1. The first-order chi connectivity index (χ1) is 20.4. The van der Waals surface area contributed by atoms with Crippen LogP contribution >= 0.6 is 0 Å². The van der Waals surface area contributed by atoms with E-state index in [2.05, 4.69) is 31.1 Å². The zero-order valence-corrected chi connectivity index (χ0v) is 24.4. The van der Waals surface area contributed by atoms with E-state index in [1.807, 2.05) is 20.8 Å². The number of nitrogens with zero attached hydrogens (tertiary/aromatic N) is 4. The fourth-order valence-corrected chi connectivity index (χ4v) is 6.36. The summed E-state index contributed by atoms with van der Waals surface area (Å²) in [6.07, 6.45) is 6.78. The van der Waals surface area contributed by atoms with Crippen molar-refractivity contribution in [3.05, 3.63) is 41.5 Å². The van der Waals surface area contributed by atoms with Crippen LogP contribution in [-0.2, 0) is 0 Å². The summed E-state index contributed by atoms with van der Waals surface area (Å²) < 4.78 is 57.6. The predicted octanol–water partition coefficient (Wildman–Crippen LogP) is 5.98. The normalized spacial score (nSPS) is 20.4. The summed E-state index contributed by atoms with van der Waals surface area (Å²) in [5.74, 6) is 0.827. The number of pyridine rings is 1. The molecule has 0 amide bonds. The van der Waals surface area contributed by atoms with Gasteiger partial charge in [0.05, 0.1) is 18.2 Å². The molecule has 224 valence electrons. The van der Waals surface area contributed by atoms with Gasteiger partial charge in [0.25, 0.3) is 0 Å². The zero-order chi connectivity index (χ0) is 30.7. The Kier molecular flexibility index (Phi) is 7.00. The van der Waals surface area contributed by atoms with Crippen molar-refractivity contribution in [2.75, 3.05) is 32.1 Å². The smallest absolute Gasteiger partial charge is 0.319 e. The van der Waals surface area contributed by atoms with Gasteiger partial charge in [-0.3, -0.25) is 4.90 Å². The second-order valence-corrected chi connectivity index (χ2v) is 12.3. The maximum atomic E-state index is 16.7. The van der Waals surface area contributed by atoms with Crippen LogP contribution < -0.4 is 14.8 Å². The summed E-state index contributed by atoms with van der Waals surface area (Å²) in [5, 5.41) is 14.5. The van der Waals surface area contributed by atoms with E-state index >= 15 is 4.39 Å². The molecule has 2 fully saturated rings. The number of hydrogen-bond donors (Lipinski definition) is 2. The molecule has 0 spiro atoms. The molecule has 4 heterocycles. The molecule has 0 aliphatic carbocycles. The van der Waals surface area contributed by atoms with Gasteiger partial charge in [-0.2, -0.15) is 9.97 Å². The molecule has 0 bridgehead atoms. The molecule has 4 aromatic rings. The summed E-state index contributed by atoms with van der Waals surface area (Å²) >= 11 is 0. The van der Waals surface area contributed by atoms with Crippen molar-refractivity contribution >= 4 is 27.5 Å². The van der Waals surface area contributed by atoms with Crippen molar-refractivity contribution < 1.29 is 27.8 Å². The molecule has 6 rings (SSSR count). The monoisotopic (exact) mass is 591 g/mol. The van der Waals surface area contributed by atoms with Crippen molar-refractivity contribution in [1.29, 1.82) is 0 Å². The number of nitrogens with one attached hydrogen (secondary N) is 1. The Labute approximate surface area is 247 Å². The van der Waals surface area contributed by atoms with E-state index in [0.717, 1.165) is 19.4 Å². The maximum Gasteiger partial charge on any atom is 0.319 e. The lowest BCUT2D eigenvalue weighted by Gasteiger charge is -2.31. The molecule has 2 saturated heterocycles. The van der Waals surface area contributed by atoms with Crippen LogP contribution in [0.4, 0.5) is 19.0 Å². The average molecular weight is 592 g/mol. The molecule has 0 unspecified atom stereocenters. The van der Waals surface area contributed by atoms with E-state index in [1.165, 1.54) is 31.4 Å². The van der Waals surface area contributed by atoms with Crippen LogP contribution in [0.3, 0.4) is 0 Å². The van der Waals surface area contributed by atoms with E-state index in [4.69, 9.17) is 15.9 Å². The predicted molar refractivity (Wildman–Crippen MR) is 158 cm³/mol. The quantitative estimate of drug-likeness (QED) is 0.265. The highest BCUT2D eigenvalue weighted by molar-refractivity contribution is 6.04. The number of ether oxygens (including phenoxy) is 2. The fourth-order valence-electron chi connectivity index (χ4n) is 6.36. The van der Waals surface area contributed by atoms with Crippen LogP contribution in [0.5, 0.6) is 17.6 Å². The lowest BCUT2D eigenvalue weighted by Crippen LogP contribution is -2.43. The number of anilines is 1. The first-order valence-corrected chi connectivity index (χ1v) is 14.1. The number of phenolic OH excluding ortho intramolecular Hbond substituents is 1. The van der Waals surface area contributed by atoms with Crippen LogP contribution in [-0.4, -0.2) is 69.0 Å². The minimum absolute atomic E-state index is 0.00326. The molecule has 0 radical (unpaired) electrons. The molecular weight excluding hydrogens is 559 g/mol. The summed E-state index contributed by atoms with van der Waals surface area (Å²) in [6.45, 7) is 7.03. The highest BCUT2D eigenvalue weighted by Crippen LogP contribution is 2.43. The zero-order valence-electron chi connectivity index (χ0n) is 24.4. The van der Waals surface area contributed by atoms with Crippen molar-refractivity contribution in [1.82, 2.24) is 19.9 Å². The first kappa shape index (κ1) is 28.8. The first-order valence-electron chi connectivity index (χ1n) is 14.1. The van der Waals surface area contributed by atoms with Gasteiger partial charge in [-0.1, -0.05) is 12.0 Å². The van der Waals surface area contributed by atoms with E-state index in [9.17, 15) is 13.9 Å². The summed E-state index contributed by atoms with van der Waals surface area (Å²) in [5.41, 5.74) is -1.43. The lowest BCUT2D eigenvalue weighted by molar-refractivity contribution is 0.107. The molecule has 2 atom stereocenters. The van der Waals surface area contributed by atoms with Gasteiger partial charge in [-0.15, -0.1) is 6.42 Å². The van der Waals surface area contributed by atoms with E-state index < -0.39 is 28.9 Å². The third-order valence-corrected chi connectivity index (χ3v) is 8.10. The Morgan fingerprint density at radius 2 is 1.98 bits per heavy atom. The Hall–Kier alpha value is -4.30. The second kappa shape index (κ2) is 10.5. The number of hydrogen-bond acceptors (Lipinski definition) is 8. The minimum atomic E-state index is -0.940. The van der Waals surface area contributed by atoms with E-state index in [-0.39, 0.29) is 63.2 Å². The molecule has 0 saturated carbocycles. The van der Waals surface area contributed by atoms with Gasteiger partial charge in [0, 0.05) is 29.5 Å².